The Morgan fingerprint density at radius 1 is 1.47 bits per heavy atom. The van der Waals surface area contributed by atoms with E-state index in [0.29, 0.717) is 0 Å². The molecule has 0 aliphatic carbocycles. The van der Waals surface area contributed by atoms with Crippen molar-refractivity contribution >= 4 is 5.97 Å². The fraction of sp³-hybridized carbons (Fsp3) is 0.727. The number of carbonyl (C=O) groups is 1. The number of carbonyl (C=O) groups excluding carboxylic acids is 1. The van der Waals surface area contributed by atoms with Gasteiger partial charge in [-0.15, -0.1) is 0 Å². The Balaban J connectivity index is 4.28. The zero-order valence-electron chi connectivity index (χ0n) is 9.82. The Kier molecular flexibility index (Phi) is 6.99. The first-order valence-corrected chi connectivity index (χ1v) is 4.93. The maximum atomic E-state index is 10.9. The van der Waals surface area contributed by atoms with Crippen molar-refractivity contribution in [3.8, 4) is 0 Å². The summed E-state index contributed by atoms with van der Waals surface area (Å²) in [5.41, 5.74) is 1.02. The predicted molar refractivity (Wildman–Crippen MR) is 57.4 cm³/mol. The molecule has 0 aromatic rings. The quantitative estimate of drug-likeness (QED) is 0.534. The molecule has 0 bridgehead atoms. The second-order valence-corrected chi connectivity index (χ2v) is 3.47. The minimum atomic E-state index is -0.264. The van der Waals surface area contributed by atoms with Crippen molar-refractivity contribution in [2.24, 2.45) is 5.92 Å². The number of methoxy groups -OCH3 is 2. The molecule has 0 aromatic carbocycles. The van der Waals surface area contributed by atoms with Gasteiger partial charge in [-0.2, -0.15) is 0 Å². The van der Waals surface area contributed by atoms with Gasteiger partial charge in [0.25, 0.3) is 0 Å². The minimum absolute atomic E-state index is 0.0267. The smallest absolute Gasteiger partial charge is 0.309 e. The highest BCUT2D eigenvalue weighted by Gasteiger charge is 2.17. The van der Waals surface area contributed by atoms with E-state index in [1.807, 2.05) is 13.8 Å². The Hall–Kier alpha value is -0.870. The molecule has 0 spiro atoms. The SMILES string of the molecule is COC(=O)C/C=C(\C)[C@H](C)[C@H](CO)OC. The lowest BCUT2D eigenvalue weighted by Gasteiger charge is -2.21. The summed E-state index contributed by atoms with van der Waals surface area (Å²) in [6.45, 7) is 3.84. The van der Waals surface area contributed by atoms with Gasteiger partial charge in [-0.05, 0) is 6.92 Å². The van der Waals surface area contributed by atoms with Crippen LogP contribution in [0.25, 0.3) is 0 Å². The molecule has 0 aliphatic heterocycles. The Labute approximate surface area is 90.9 Å². The van der Waals surface area contributed by atoms with Gasteiger partial charge in [-0.3, -0.25) is 4.79 Å². The molecule has 0 radical (unpaired) electrons. The van der Waals surface area contributed by atoms with Crippen LogP contribution in [-0.4, -0.2) is 38.0 Å². The molecule has 0 amide bonds. The third-order valence-electron chi connectivity index (χ3n) is 2.58. The van der Waals surface area contributed by atoms with Crippen LogP contribution in [0.5, 0.6) is 0 Å². The molecule has 2 atom stereocenters. The maximum Gasteiger partial charge on any atom is 0.309 e. The minimum Gasteiger partial charge on any atom is -0.469 e. The van der Waals surface area contributed by atoms with Crippen molar-refractivity contribution in [1.82, 2.24) is 0 Å². The molecular formula is C11H20O4. The zero-order valence-corrected chi connectivity index (χ0v) is 9.82. The van der Waals surface area contributed by atoms with Gasteiger partial charge >= 0.3 is 5.97 Å². The van der Waals surface area contributed by atoms with E-state index < -0.39 is 0 Å². The fourth-order valence-corrected chi connectivity index (χ4v) is 1.24. The molecule has 4 heteroatoms. The molecular weight excluding hydrogens is 196 g/mol. The van der Waals surface area contributed by atoms with Crippen LogP contribution in [0.3, 0.4) is 0 Å². The van der Waals surface area contributed by atoms with Gasteiger partial charge in [-0.1, -0.05) is 18.6 Å². The largest absolute Gasteiger partial charge is 0.469 e. The molecule has 0 heterocycles. The average molecular weight is 216 g/mol. The van der Waals surface area contributed by atoms with E-state index in [1.165, 1.54) is 7.11 Å². The lowest BCUT2D eigenvalue weighted by Crippen LogP contribution is -2.25. The number of esters is 1. The van der Waals surface area contributed by atoms with Gasteiger partial charge < -0.3 is 14.6 Å². The Bertz CT molecular complexity index is 219. The Morgan fingerprint density at radius 3 is 2.47 bits per heavy atom. The molecule has 0 unspecified atom stereocenters. The molecule has 15 heavy (non-hydrogen) atoms. The van der Waals surface area contributed by atoms with Gasteiger partial charge in [0.15, 0.2) is 0 Å². The van der Waals surface area contributed by atoms with Crippen LogP contribution in [0.2, 0.25) is 0 Å². The number of ether oxygens (including phenoxy) is 2. The second kappa shape index (κ2) is 7.43. The number of rotatable bonds is 6. The van der Waals surface area contributed by atoms with Gasteiger partial charge in [-0.25, -0.2) is 0 Å². The summed E-state index contributed by atoms with van der Waals surface area (Å²) < 4.78 is 9.64. The van der Waals surface area contributed by atoms with E-state index in [0.717, 1.165) is 5.57 Å². The van der Waals surface area contributed by atoms with Gasteiger partial charge in [0.1, 0.15) is 0 Å². The Morgan fingerprint density at radius 2 is 2.07 bits per heavy atom. The van der Waals surface area contributed by atoms with Crippen molar-refractivity contribution in [2.75, 3.05) is 20.8 Å². The molecule has 88 valence electrons. The molecule has 1 N–H and O–H groups in total. The number of aliphatic hydroxyl groups excluding tert-OH is 1. The average Bonchev–Trinajstić information content (AvgIpc) is 2.26. The summed E-state index contributed by atoms with van der Waals surface area (Å²) in [4.78, 5) is 10.9. The number of hydrogen-bond acceptors (Lipinski definition) is 4. The van der Waals surface area contributed by atoms with Crippen LogP contribution in [-0.2, 0) is 14.3 Å². The van der Waals surface area contributed by atoms with Crippen LogP contribution in [0.1, 0.15) is 20.3 Å². The summed E-state index contributed by atoms with van der Waals surface area (Å²) in [6, 6.07) is 0. The molecule has 0 aromatic heterocycles. The third-order valence-corrected chi connectivity index (χ3v) is 2.58. The summed E-state index contributed by atoms with van der Waals surface area (Å²) in [5.74, 6) is -0.177. The van der Waals surface area contributed by atoms with Crippen molar-refractivity contribution in [3.05, 3.63) is 11.6 Å². The molecule has 0 saturated carbocycles. The van der Waals surface area contributed by atoms with E-state index in [1.54, 1.807) is 13.2 Å². The molecule has 0 rings (SSSR count). The highest BCUT2D eigenvalue weighted by Crippen LogP contribution is 2.17. The van der Waals surface area contributed by atoms with Crippen LogP contribution in [0.4, 0.5) is 0 Å². The lowest BCUT2D eigenvalue weighted by atomic mass is 9.96. The molecule has 0 fully saturated rings. The summed E-state index contributed by atoms with van der Waals surface area (Å²) in [5, 5.41) is 9.03. The summed E-state index contributed by atoms with van der Waals surface area (Å²) >= 11 is 0. The van der Waals surface area contributed by atoms with Gasteiger partial charge in [0.05, 0.1) is 26.2 Å². The predicted octanol–water partition coefficient (Wildman–Crippen LogP) is 1.14. The lowest BCUT2D eigenvalue weighted by molar-refractivity contribution is -0.139. The third kappa shape index (κ3) is 4.95. The van der Waals surface area contributed by atoms with Crippen LogP contribution < -0.4 is 0 Å². The topological polar surface area (TPSA) is 55.8 Å². The van der Waals surface area contributed by atoms with Crippen molar-refractivity contribution < 1.29 is 19.4 Å². The summed E-state index contributed by atoms with van der Waals surface area (Å²) in [6.07, 6.45) is 1.84. The number of aliphatic hydroxyl groups is 1. The molecule has 0 saturated heterocycles. The first kappa shape index (κ1) is 14.1. The second-order valence-electron chi connectivity index (χ2n) is 3.47. The first-order valence-electron chi connectivity index (χ1n) is 4.93. The fourth-order valence-electron chi connectivity index (χ4n) is 1.24. The normalized spacial score (nSPS) is 15.9. The van der Waals surface area contributed by atoms with Gasteiger partial charge in [0.2, 0.25) is 0 Å². The van der Waals surface area contributed by atoms with Crippen molar-refractivity contribution in [2.45, 2.75) is 26.4 Å². The zero-order chi connectivity index (χ0) is 11.8. The molecule has 0 aliphatic rings. The molecule has 4 nitrogen and oxygen atoms in total. The van der Waals surface area contributed by atoms with E-state index in [4.69, 9.17) is 9.84 Å². The highest BCUT2D eigenvalue weighted by molar-refractivity contribution is 5.71. The van der Waals surface area contributed by atoms with Crippen molar-refractivity contribution in [3.63, 3.8) is 0 Å². The highest BCUT2D eigenvalue weighted by atomic mass is 16.5. The van der Waals surface area contributed by atoms with Crippen LogP contribution >= 0.6 is 0 Å². The van der Waals surface area contributed by atoms with E-state index in [9.17, 15) is 4.79 Å². The van der Waals surface area contributed by atoms with Crippen LogP contribution in [0, 0.1) is 5.92 Å². The van der Waals surface area contributed by atoms with E-state index in [2.05, 4.69) is 4.74 Å². The van der Waals surface area contributed by atoms with E-state index >= 15 is 0 Å². The van der Waals surface area contributed by atoms with Crippen LogP contribution in [0.15, 0.2) is 11.6 Å². The summed E-state index contributed by atoms with van der Waals surface area (Å²) in [7, 11) is 2.92. The van der Waals surface area contributed by atoms with Gasteiger partial charge in [0, 0.05) is 13.0 Å². The first-order chi connectivity index (χ1) is 7.06. The maximum absolute atomic E-state index is 10.9. The standard InChI is InChI=1S/C11H20O4/c1-8(5-6-11(13)15-4)9(2)10(7-12)14-3/h5,9-10,12H,6-7H2,1-4H3/b8-5+/t9-,10-/m0/s1. The monoisotopic (exact) mass is 216 g/mol. The van der Waals surface area contributed by atoms with Crippen molar-refractivity contribution in [1.29, 1.82) is 0 Å². The number of hydrogen-bond donors (Lipinski definition) is 1. The van der Waals surface area contributed by atoms with E-state index in [-0.39, 0.29) is 31.0 Å².